The van der Waals surface area contributed by atoms with Crippen LogP contribution in [0.1, 0.15) is 19.4 Å². The van der Waals surface area contributed by atoms with Crippen LogP contribution in [0.3, 0.4) is 0 Å². The van der Waals surface area contributed by atoms with Crippen LogP contribution in [-0.4, -0.2) is 29.2 Å². The number of hydrogen-bond acceptors (Lipinski definition) is 4. The lowest BCUT2D eigenvalue weighted by atomic mass is 10.1. The summed E-state index contributed by atoms with van der Waals surface area (Å²) < 4.78 is 5.21. The normalized spacial score (nSPS) is 11.6. The molecule has 4 nitrogen and oxygen atoms in total. The number of para-hydroxylation sites is 1. The number of ether oxygens (including phenoxy) is 1. The highest BCUT2D eigenvalue weighted by molar-refractivity contribution is 7.80. The third-order valence-electron chi connectivity index (χ3n) is 2.95. The highest BCUT2D eigenvalue weighted by Gasteiger charge is 2.20. The summed E-state index contributed by atoms with van der Waals surface area (Å²) in [6, 6.07) is 9.85. The summed E-state index contributed by atoms with van der Waals surface area (Å²) in [5.41, 5.74) is 7.22. The van der Waals surface area contributed by atoms with E-state index in [0.29, 0.717) is 17.4 Å². The molecule has 0 saturated carbocycles. The summed E-state index contributed by atoms with van der Waals surface area (Å²) in [6.45, 7) is 4.63. The molecule has 0 saturated heterocycles. The van der Waals surface area contributed by atoms with Gasteiger partial charge in [-0.3, -0.25) is 0 Å². The van der Waals surface area contributed by atoms with Crippen molar-refractivity contribution < 1.29 is 4.74 Å². The van der Waals surface area contributed by atoms with Crippen LogP contribution >= 0.6 is 12.2 Å². The van der Waals surface area contributed by atoms with Gasteiger partial charge in [0.1, 0.15) is 10.8 Å². The van der Waals surface area contributed by atoms with E-state index in [-0.39, 0.29) is 5.54 Å². The van der Waals surface area contributed by atoms with Gasteiger partial charge >= 0.3 is 0 Å². The molecule has 3 N–H and O–H groups in total. The molecule has 20 heavy (non-hydrogen) atoms. The van der Waals surface area contributed by atoms with E-state index >= 15 is 0 Å². The van der Waals surface area contributed by atoms with E-state index in [9.17, 15) is 0 Å². The van der Waals surface area contributed by atoms with Crippen molar-refractivity contribution >= 4 is 33.9 Å². The summed E-state index contributed by atoms with van der Waals surface area (Å²) in [5, 5.41) is 4.38. The van der Waals surface area contributed by atoms with Crippen LogP contribution in [0.2, 0.25) is 0 Å². The molecule has 2 rings (SSSR count). The average molecular weight is 289 g/mol. The predicted octanol–water partition coefficient (Wildman–Crippen LogP) is 2.71. The van der Waals surface area contributed by atoms with Gasteiger partial charge in [-0.05, 0) is 26.0 Å². The fourth-order valence-electron chi connectivity index (χ4n) is 2.12. The predicted molar refractivity (Wildman–Crippen MR) is 87.2 cm³/mol. The molecule has 0 atom stereocenters. The lowest BCUT2D eigenvalue weighted by molar-refractivity contribution is 0.158. The second kappa shape index (κ2) is 5.73. The summed E-state index contributed by atoms with van der Waals surface area (Å²) >= 11 is 5.13. The third kappa shape index (κ3) is 3.23. The van der Waals surface area contributed by atoms with Crippen LogP contribution in [-0.2, 0) is 4.74 Å². The van der Waals surface area contributed by atoms with Crippen LogP contribution in [0, 0.1) is 0 Å². The number of thiocarbonyl (C=S) groups is 1. The molecule has 0 amide bonds. The molecule has 0 fully saturated rings. The number of rotatable bonds is 5. The molecule has 1 aromatic heterocycles. The summed E-state index contributed by atoms with van der Waals surface area (Å²) in [6.07, 6.45) is 0. The van der Waals surface area contributed by atoms with Gasteiger partial charge in [-0.25, -0.2) is 4.98 Å². The molecule has 1 heterocycles. The molecule has 1 aromatic carbocycles. The summed E-state index contributed by atoms with van der Waals surface area (Å²) in [5.74, 6) is 0.693. The Kier molecular flexibility index (Phi) is 4.20. The maximum atomic E-state index is 5.82. The Labute approximate surface area is 124 Å². The topological polar surface area (TPSA) is 60.2 Å². The maximum absolute atomic E-state index is 5.82. The molecule has 106 valence electrons. The minimum atomic E-state index is -0.260. The van der Waals surface area contributed by atoms with Gasteiger partial charge < -0.3 is 15.8 Å². The summed E-state index contributed by atoms with van der Waals surface area (Å²) in [4.78, 5) is 4.96. The first-order chi connectivity index (χ1) is 9.43. The van der Waals surface area contributed by atoms with Crippen molar-refractivity contribution in [3.8, 4) is 0 Å². The number of nitrogens with one attached hydrogen (secondary N) is 1. The van der Waals surface area contributed by atoms with Gasteiger partial charge in [0.2, 0.25) is 0 Å². The Bertz CT molecular complexity index is 640. The Morgan fingerprint density at radius 1 is 1.40 bits per heavy atom. The Morgan fingerprint density at radius 2 is 2.10 bits per heavy atom. The zero-order chi connectivity index (χ0) is 14.8. The highest BCUT2D eigenvalue weighted by Crippen LogP contribution is 2.23. The maximum Gasteiger partial charge on any atom is 0.137 e. The number of methoxy groups -OCH3 is 1. The minimum absolute atomic E-state index is 0.260. The van der Waals surface area contributed by atoms with Crippen LogP contribution in [0.25, 0.3) is 10.9 Å². The van der Waals surface area contributed by atoms with Gasteiger partial charge in [-0.2, -0.15) is 0 Å². The van der Waals surface area contributed by atoms with Crippen molar-refractivity contribution in [1.29, 1.82) is 0 Å². The molecule has 5 heteroatoms. The zero-order valence-corrected chi connectivity index (χ0v) is 12.8. The molecular weight excluding hydrogens is 270 g/mol. The highest BCUT2D eigenvalue weighted by atomic mass is 32.1. The molecule has 0 aliphatic heterocycles. The first-order valence-electron chi connectivity index (χ1n) is 6.40. The quantitative estimate of drug-likeness (QED) is 0.829. The number of aromatic nitrogens is 1. The van der Waals surface area contributed by atoms with Gasteiger partial charge in [0.05, 0.1) is 23.2 Å². The molecule has 0 spiro atoms. The van der Waals surface area contributed by atoms with Gasteiger partial charge in [-0.1, -0.05) is 30.4 Å². The van der Waals surface area contributed by atoms with E-state index in [0.717, 1.165) is 16.5 Å². The van der Waals surface area contributed by atoms with Gasteiger partial charge in [0.25, 0.3) is 0 Å². The molecule has 0 aliphatic carbocycles. The SMILES string of the molecule is COCC(C)(C)Nc1nc2ccccc2cc1C(N)=S. The van der Waals surface area contributed by atoms with Crippen molar-refractivity contribution in [2.75, 3.05) is 19.0 Å². The fourth-order valence-corrected chi connectivity index (χ4v) is 2.27. The van der Waals surface area contributed by atoms with E-state index in [1.165, 1.54) is 0 Å². The van der Waals surface area contributed by atoms with Gasteiger partial charge in [0.15, 0.2) is 0 Å². The number of benzene rings is 1. The van der Waals surface area contributed by atoms with E-state index in [1.807, 2.05) is 44.2 Å². The van der Waals surface area contributed by atoms with Crippen molar-refractivity contribution in [2.45, 2.75) is 19.4 Å². The van der Waals surface area contributed by atoms with E-state index < -0.39 is 0 Å². The molecule has 0 bridgehead atoms. The van der Waals surface area contributed by atoms with Crippen molar-refractivity contribution in [2.24, 2.45) is 5.73 Å². The lowest BCUT2D eigenvalue weighted by Crippen LogP contribution is -2.37. The zero-order valence-electron chi connectivity index (χ0n) is 11.9. The van der Waals surface area contributed by atoms with Crippen LogP contribution < -0.4 is 11.1 Å². The second-order valence-corrected chi connectivity index (χ2v) is 5.82. The third-order valence-corrected chi connectivity index (χ3v) is 3.17. The standard InChI is InChI=1S/C15H19N3OS/c1-15(2,9-19-3)18-14-11(13(16)20)8-10-6-4-5-7-12(10)17-14/h4-8H,9H2,1-3H3,(H2,16,20)(H,17,18). The van der Waals surface area contributed by atoms with Crippen LogP contribution in [0.15, 0.2) is 30.3 Å². The number of fused-ring (bicyclic) bond motifs is 1. The number of pyridine rings is 1. The smallest absolute Gasteiger partial charge is 0.137 e. The molecule has 0 aliphatic rings. The van der Waals surface area contributed by atoms with E-state index in [1.54, 1.807) is 7.11 Å². The van der Waals surface area contributed by atoms with Gasteiger partial charge in [-0.15, -0.1) is 0 Å². The van der Waals surface area contributed by atoms with Crippen molar-refractivity contribution in [3.63, 3.8) is 0 Å². The van der Waals surface area contributed by atoms with Gasteiger partial charge in [0, 0.05) is 12.5 Å². The number of anilines is 1. The Morgan fingerprint density at radius 3 is 2.75 bits per heavy atom. The first kappa shape index (κ1) is 14.7. The van der Waals surface area contributed by atoms with E-state index in [2.05, 4.69) is 10.3 Å². The Balaban J connectivity index is 2.50. The number of nitrogens with two attached hydrogens (primary N) is 1. The number of nitrogens with zero attached hydrogens (tertiary/aromatic N) is 1. The largest absolute Gasteiger partial charge is 0.389 e. The van der Waals surface area contributed by atoms with E-state index in [4.69, 9.17) is 22.7 Å². The number of hydrogen-bond donors (Lipinski definition) is 2. The average Bonchev–Trinajstić information content (AvgIpc) is 2.37. The first-order valence-corrected chi connectivity index (χ1v) is 6.80. The van der Waals surface area contributed by atoms with Crippen LogP contribution in [0.5, 0.6) is 0 Å². The molecular formula is C15H19N3OS. The van der Waals surface area contributed by atoms with Crippen molar-refractivity contribution in [3.05, 3.63) is 35.9 Å². The monoisotopic (exact) mass is 289 g/mol. The molecule has 0 radical (unpaired) electrons. The Hall–Kier alpha value is -1.72. The lowest BCUT2D eigenvalue weighted by Gasteiger charge is -2.27. The molecule has 0 unspecified atom stereocenters. The van der Waals surface area contributed by atoms with Crippen LogP contribution in [0.4, 0.5) is 5.82 Å². The molecule has 2 aromatic rings. The second-order valence-electron chi connectivity index (χ2n) is 5.38. The minimum Gasteiger partial charge on any atom is -0.389 e. The fraction of sp³-hybridized carbons (Fsp3) is 0.333. The summed E-state index contributed by atoms with van der Waals surface area (Å²) in [7, 11) is 1.67. The van der Waals surface area contributed by atoms with Crippen molar-refractivity contribution in [1.82, 2.24) is 4.98 Å².